The van der Waals surface area contributed by atoms with Gasteiger partial charge in [-0.25, -0.2) is 4.79 Å². The van der Waals surface area contributed by atoms with E-state index in [2.05, 4.69) is 25.7 Å². The Morgan fingerprint density at radius 3 is 2.29 bits per heavy atom. The first-order chi connectivity index (χ1) is 6.51. The number of esters is 1. The third-order valence-electron chi connectivity index (χ3n) is 2.09. The maximum atomic E-state index is 11.1. The predicted octanol–water partition coefficient (Wildman–Crippen LogP) is 2.23. The number of ether oxygens (including phenoxy) is 1. The molecule has 3 heteroatoms. The van der Waals surface area contributed by atoms with Gasteiger partial charge in [0.15, 0.2) is 6.23 Å². The molecular formula is C11H21NO2. The Morgan fingerprint density at radius 1 is 1.43 bits per heavy atom. The van der Waals surface area contributed by atoms with Crippen LogP contribution in [0.2, 0.25) is 0 Å². The maximum absolute atomic E-state index is 11.1. The van der Waals surface area contributed by atoms with E-state index in [-0.39, 0.29) is 12.2 Å². The lowest BCUT2D eigenvalue weighted by Crippen LogP contribution is -2.38. The molecule has 0 amide bonds. The van der Waals surface area contributed by atoms with Crippen LogP contribution in [0.15, 0.2) is 12.2 Å². The molecule has 0 saturated heterocycles. The molecule has 0 aliphatic carbocycles. The third kappa shape index (κ3) is 5.02. The molecule has 0 rings (SSSR count). The lowest BCUT2D eigenvalue weighted by atomic mass is 10.2. The third-order valence-corrected chi connectivity index (χ3v) is 2.09. The van der Waals surface area contributed by atoms with E-state index in [1.165, 1.54) is 0 Å². The van der Waals surface area contributed by atoms with E-state index in [9.17, 15) is 4.79 Å². The van der Waals surface area contributed by atoms with E-state index in [4.69, 9.17) is 4.74 Å². The molecule has 0 bridgehead atoms. The van der Waals surface area contributed by atoms with Crippen molar-refractivity contribution in [2.24, 2.45) is 0 Å². The second-order valence-corrected chi connectivity index (χ2v) is 3.51. The van der Waals surface area contributed by atoms with E-state index >= 15 is 0 Å². The Kier molecular flexibility index (Phi) is 6.21. The van der Waals surface area contributed by atoms with Crippen LogP contribution in [-0.2, 0) is 9.53 Å². The van der Waals surface area contributed by atoms with Crippen molar-refractivity contribution >= 4 is 5.97 Å². The lowest BCUT2D eigenvalue weighted by molar-refractivity contribution is -0.145. The van der Waals surface area contributed by atoms with Crippen molar-refractivity contribution in [3.05, 3.63) is 12.2 Å². The summed E-state index contributed by atoms with van der Waals surface area (Å²) in [5.41, 5.74) is 0.434. The molecule has 14 heavy (non-hydrogen) atoms. The number of hydrogen-bond acceptors (Lipinski definition) is 3. The second kappa shape index (κ2) is 6.60. The smallest absolute Gasteiger partial charge is 0.334 e. The first kappa shape index (κ1) is 13.2. The molecule has 0 aromatic heterocycles. The van der Waals surface area contributed by atoms with Gasteiger partial charge >= 0.3 is 5.97 Å². The summed E-state index contributed by atoms with van der Waals surface area (Å²) in [5, 5.41) is 3.22. The quantitative estimate of drug-likeness (QED) is 0.405. The van der Waals surface area contributed by atoms with E-state index in [1.807, 2.05) is 6.92 Å². The average Bonchev–Trinajstić information content (AvgIpc) is 2.13. The monoisotopic (exact) mass is 199 g/mol. The van der Waals surface area contributed by atoms with Crippen molar-refractivity contribution in [2.75, 3.05) is 0 Å². The maximum Gasteiger partial charge on any atom is 0.334 e. The van der Waals surface area contributed by atoms with Crippen LogP contribution in [0.3, 0.4) is 0 Å². The zero-order chi connectivity index (χ0) is 11.1. The lowest BCUT2D eigenvalue weighted by Gasteiger charge is -2.21. The van der Waals surface area contributed by atoms with Crippen LogP contribution >= 0.6 is 0 Å². The number of nitrogens with one attached hydrogen (secondary N) is 1. The fraction of sp³-hybridized carbons (Fsp3) is 0.727. The van der Waals surface area contributed by atoms with Gasteiger partial charge in [0.25, 0.3) is 0 Å². The highest BCUT2D eigenvalue weighted by Gasteiger charge is 2.12. The summed E-state index contributed by atoms with van der Waals surface area (Å²) >= 11 is 0. The van der Waals surface area contributed by atoms with Crippen molar-refractivity contribution in [3.63, 3.8) is 0 Å². The van der Waals surface area contributed by atoms with Crippen molar-refractivity contribution < 1.29 is 9.53 Å². The van der Waals surface area contributed by atoms with E-state index in [0.29, 0.717) is 11.6 Å². The molecule has 0 aromatic carbocycles. The molecule has 0 saturated carbocycles. The molecule has 1 atom stereocenters. The Balaban J connectivity index is 3.90. The fourth-order valence-corrected chi connectivity index (χ4v) is 1.15. The van der Waals surface area contributed by atoms with Crippen LogP contribution in [0.4, 0.5) is 0 Å². The van der Waals surface area contributed by atoms with Crippen molar-refractivity contribution in [1.82, 2.24) is 5.32 Å². The molecule has 0 aromatic rings. The van der Waals surface area contributed by atoms with E-state index < -0.39 is 0 Å². The molecule has 0 radical (unpaired) electrons. The summed E-state index contributed by atoms with van der Waals surface area (Å²) < 4.78 is 5.10. The molecule has 0 fully saturated rings. The van der Waals surface area contributed by atoms with Gasteiger partial charge in [0.1, 0.15) is 0 Å². The highest BCUT2D eigenvalue weighted by molar-refractivity contribution is 5.87. The highest BCUT2D eigenvalue weighted by Crippen LogP contribution is 2.01. The normalized spacial score (nSPS) is 12.6. The van der Waals surface area contributed by atoms with Crippen LogP contribution < -0.4 is 5.32 Å². The molecule has 0 aliphatic heterocycles. The zero-order valence-corrected chi connectivity index (χ0v) is 9.59. The van der Waals surface area contributed by atoms with Gasteiger partial charge in [0.05, 0.1) is 0 Å². The molecule has 1 unspecified atom stereocenters. The molecule has 0 aliphatic rings. The summed E-state index contributed by atoms with van der Waals surface area (Å²) in [6.07, 6.45) is 1.82. The van der Waals surface area contributed by atoms with E-state index in [1.54, 1.807) is 6.92 Å². The Bertz CT molecular complexity index is 197. The SMILES string of the molecule is C=C(C)C(=O)OC(C)NC(CC)CC. The fourth-order valence-electron chi connectivity index (χ4n) is 1.15. The summed E-state index contributed by atoms with van der Waals surface area (Å²) in [6, 6.07) is 0.405. The van der Waals surface area contributed by atoms with Gasteiger partial charge in [-0.3, -0.25) is 5.32 Å². The van der Waals surface area contributed by atoms with Crippen LogP contribution in [0.1, 0.15) is 40.5 Å². The number of carbonyl (C=O) groups excluding carboxylic acids is 1. The van der Waals surface area contributed by atoms with Gasteiger partial charge in [-0.1, -0.05) is 20.4 Å². The van der Waals surface area contributed by atoms with Crippen LogP contribution in [0.5, 0.6) is 0 Å². The van der Waals surface area contributed by atoms with Crippen LogP contribution in [0.25, 0.3) is 0 Å². The van der Waals surface area contributed by atoms with Crippen molar-refractivity contribution in [2.45, 2.75) is 52.8 Å². The first-order valence-corrected chi connectivity index (χ1v) is 5.13. The summed E-state index contributed by atoms with van der Waals surface area (Å²) in [7, 11) is 0. The largest absolute Gasteiger partial charge is 0.444 e. The number of hydrogen-bond donors (Lipinski definition) is 1. The predicted molar refractivity (Wildman–Crippen MR) is 57.9 cm³/mol. The number of carbonyl (C=O) groups is 1. The minimum absolute atomic E-state index is 0.246. The van der Waals surface area contributed by atoms with Gasteiger partial charge in [-0.15, -0.1) is 0 Å². The standard InChI is InChI=1S/C11H21NO2/c1-6-10(7-2)12-9(5)14-11(13)8(3)4/h9-10,12H,3,6-7H2,1-2,4-5H3. The zero-order valence-electron chi connectivity index (χ0n) is 9.59. The molecule has 0 spiro atoms. The van der Waals surface area contributed by atoms with Crippen LogP contribution in [-0.4, -0.2) is 18.2 Å². The average molecular weight is 199 g/mol. The van der Waals surface area contributed by atoms with Gasteiger partial charge < -0.3 is 4.74 Å². The molecule has 3 nitrogen and oxygen atoms in total. The second-order valence-electron chi connectivity index (χ2n) is 3.51. The van der Waals surface area contributed by atoms with Gasteiger partial charge in [0.2, 0.25) is 0 Å². The Hall–Kier alpha value is -0.830. The van der Waals surface area contributed by atoms with Gasteiger partial charge in [0, 0.05) is 11.6 Å². The number of rotatable bonds is 6. The molecular weight excluding hydrogens is 178 g/mol. The topological polar surface area (TPSA) is 38.3 Å². The minimum atomic E-state index is -0.337. The van der Waals surface area contributed by atoms with Crippen molar-refractivity contribution in [3.8, 4) is 0 Å². The van der Waals surface area contributed by atoms with Gasteiger partial charge in [-0.05, 0) is 26.7 Å². The van der Waals surface area contributed by atoms with Gasteiger partial charge in [-0.2, -0.15) is 0 Å². The van der Waals surface area contributed by atoms with Crippen molar-refractivity contribution in [1.29, 1.82) is 0 Å². The summed E-state index contributed by atoms with van der Waals surface area (Å²) in [5.74, 6) is -0.337. The molecule has 1 N–H and O–H groups in total. The van der Waals surface area contributed by atoms with Crippen LogP contribution in [0, 0.1) is 0 Å². The van der Waals surface area contributed by atoms with E-state index in [0.717, 1.165) is 12.8 Å². The summed E-state index contributed by atoms with van der Waals surface area (Å²) in [6.45, 7) is 11.2. The minimum Gasteiger partial charge on any atom is -0.444 e. The highest BCUT2D eigenvalue weighted by atomic mass is 16.6. The first-order valence-electron chi connectivity index (χ1n) is 5.13. The Morgan fingerprint density at radius 2 is 1.93 bits per heavy atom. The molecule has 0 heterocycles. The Labute approximate surface area is 86.5 Å². The summed E-state index contributed by atoms with van der Waals surface area (Å²) in [4.78, 5) is 11.1. The molecule has 82 valence electrons.